The van der Waals surface area contributed by atoms with E-state index in [1.54, 1.807) is 37.3 Å². The van der Waals surface area contributed by atoms with Gasteiger partial charge in [-0.2, -0.15) is 0 Å². The SMILES string of the molecule is Cc1ccc(-n2c(S[C@H](C)C(=O)NC(N)=O)nc3cc(Cl)ccc3c2=O)cc1. The Kier molecular flexibility index (Phi) is 5.71. The number of aryl methyl sites for hydroxylation is 1. The Bertz CT molecular complexity index is 1130. The first-order valence-corrected chi connectivity index (χ1v) is 9.58. The number of nitrogens with one attached hydrogen (secondary N) is 1. The fraction of sp³-hybridized carbons (Fsp3) is 0.158. The molecule has 1 heterocycles. The Morgan fingerprint density at radius 3 is 2.54 bits per heavy atom. The standard InChI is InChI=1S/C19H17ClN4O3S/c1-10-3-6-13(7-4-10)24-17(26)14-8-5-12(20)9-15(14)22-19(24)28-11(2)16(25)23-18(21)27/h3-9,11H,1-2H3,(H3,21,23,25,27)/t11-/m1/s1. The van der Waals surface area contributed by atoms with Crippen LogP contribution in [0.1, 0.15) is 12.5 Å². The second kappa shape index (κ2) is 8.04. The maximum Gasteiger partial charge on any atom is 0.318 e. The number of imide groups is 1. The van der Waals surface area contributed by atoms with Gasteiger partial charge in [-0.3, -0.25) is 19.5 Å². The monoisotopic (exact) mass is 416 g/mol. The summed E-state index contributed by atoms with van der Waals surface area (Å²) >= 11 is 7.08. The van der Waals surface area contributed by atoms with Crippen molar-refractivity contribution in [2.75, 3.05) is 0 Å². The quantitative estimate of drug-likeness (QED) is 0.502. The van der Waals surface area contributed by atoms with E-state index in [9.17, 15) is 14.4 Å². The zero-order valence-electron chi connectivity index (χ0n) is 15.1. The fourth-order valence-corrected chi connectivity index (χ4v) is 3.67. The lowest BCUT2D eigenvalue weighted by Crippen LogP contribution is -2.39. The van der Waals surface area contributed by atoms with Gasteiger partial charge in [-0.25, -0.2) is 9.78 Å². The summed E-state index contributed by atoms with van der Waals surface area (Å²) in [6, 6.07) is 11.3. The third kappa shape index (κ3) is 4.18. The molecule has 0 spiro atoms. The van der Waals surface area contributed by atoms with E-state index in [2.05, 4.69) is 4.98 Å². The summed E-state index contributed by atoms with van der Waals surface area (Å²) in [5.74, 6) is -0.576. The number of primary amides is 1. The lowest BCUT2D eigenvalue weighted by Gasteiger charge is -2.16. The van der Waals surface area contributed by atoms with Gasteiger partial charge in [-0.1, -0.05) is 41.1 Å². The summed E-state index contributed by atoms with van der Waals surface area (Å²) in [6.07, 6.45) is 0. The highest BCUT2D eigenvalue weighted by Gasteiger charge is 2.21. The molecule has 3 N–H and O–H groups in total. The first-order valence-electron chi connectivity index (χ1n) is 8.32. The minimum absolute atomic E-state index is 0.282. The van der Waals surface area contributed by atoms with Crippen molar-refractivity contribution in [3.05, 3.63) is 63.4 Å². The van der Waals surface area contributed by atoms with Gasteiger partial charge in [0, 0.05) is 5.02 Å². The van der Waals surface area contributed by atoms with Crippen molar-refractivity contribution in [1.82, 2.24) is 14.9 Å². The molecule has 2 aromatic carbocycles. The fourth-order valence-electron chi connectivity index (χ4n) is 2.57. The highest BCUT2D eigenvalue weighted by molar-refractivity contribution is 8.00. The van der Waals surface area contributed by atoms with Crippen LogP contribution >= 0.6 is 23.4 Å². The number of hydrogen-bond acceptors (Lipinski definition) is 5. The van der Waals surface area contributed by atoms with Crippen LogP contribution < -0.4 is 16.6 Å². The number of carbonyl (C=O) groups excluding carboxylic acids is 2. The summed E-state index contributed by atoms with van der Waals surface area (Å²) in [6.45, 7) is 3.54. The van der Waals surface area contributed by atoms with Gasteiger partial charge < -0.3 is 5.73 Å². The van der Waals surface area contributed by atoms with Gasteiger partial charge in [0.1, 0.15) is 0 Å². The van der Waals surface area contributed by atoms with Crippen LogP contribution in [0, 0.1) is 6.92 Å². The Balaban J connectivity index is 2.16. The normalized spacial score (nSPS) is 12.0. The lowest BCUT2D eigenvalue weighted by molar-refractivity contribution is -0.119. The van der Waals surface area contributed by atoms with Crippen LogP contribution in [0.15, 0.2) is 52.4 Å². The van der Waals surface area contributed by atoms with Crippen molar-refractivity contribution in [1.29, 1.82) is 0 Å². The molecular weight excluding hydrogens is 400 g/mol. The van der Waals surface area contributed by atoms with Crippen LogP contribution in [0.4, 0.5) is 4.79 Å². The molecule has 3 amide bonds. The highest BCUT2D eigenvalue weighted by Crippen LogP contribution is 2.26. The Labute approximate surface area is 169 Å². The number of amides is 3. The molecule has 0 saturated carbocycles. The molecule has 9 heteroatoms. The number of carbonyl (C=O) groups is 2. The Morgan fingerprint density at radius 2 is 1.89 bits per heavy atom. The van der Waals surface area contributed by atoms with Gasteiger partial charge in [0.25, 0.3) is 5.56 Å². The first kappa shape index (κ1) is 19.9. The molecule has 0 fully saturated rings. The second-order valence-corrected chi connectivity index (χ2v) is 7.89. The molecule has 1 aromatic heterocycles. The maximum absolute atomic E-state index is 13.2. The van der Waals surface area contributed by atoms with Crippen LogP contribution in [0.2, 0.25) is 5.02 Å². The van der Waals surface area contributed by atoms with Crippen molar-refractivity contribution in [2.24, 2.45) is 5.73 Å². The number of thioether (sulfide) groups is 1. The molecule has 0 unspecified atom stereocenters. The first-order chi connectivity index (χ1) is 13.3. The van der Waals surface area contributed by atoms with E-state index in [4.69, 9.17) is 17.3 Å². The molecule has 0 saturated heterocycles. The Hall–Kier alpha value is -2.84. The lowest BCUT2D eigenvalue weighted by atomic mass is 10.2. The number of hydrogen-bond donors (Lipinski definition) is 2. The van der Waals surface area contributed by atoms with Crippen LogP contribution in [-0.2, 0) is 4.79 Å². The van der Waals surface area contributed by atoms with Crippen molar-refractivity contribution < 1.29 is 9.59 Å². The van der Waals surface area contributed by atoms with Gasteiger partial charge in [-0.15, -0.1) is 0 Å². The van der Waals surface area contributed by atoms with Gasteiger partial charge in [0.15, 0.2) is 5.16 Å². The molecule has 3 rings (SSSR count). The number of aromatic nitrogens is 2. The second-order valence-electron chi connectivity index (χ2n) is 6.15. The minimum Gasteiger partial charge on any atom is -0.351 e. The van der Waals surface area contributed by atoms with Crippen molar-refractivity contribution >= 4 is 46.2 Å². The largest absolute Gasteiger partial charge is 0.351 e. The van der Waals surface area contributed by atoms with Crippen LogP contribution in [0.3, 0.4) is 0 Å². The van der Waals surface area contributed by atoms with Crippen LogP contribution in [0.25, 0.3) is 16.6 Å². The van der Waals surface area contributed by atoms with Crippen LogP contribution in [0.5, 0.6) is 0 Å². The molecule has 0 aliphatic rings. The van der Waals surface area contributed by atoms with E-state index in [-0.39, 0.29) is 5.56 Å². The van der Waals surface area contributed by atoms with Gasteiger partial charge in [0.05, 0.1) is 21.8 Å². The Morgan fingerprint density at radius 1 is 1.21 bits per heavy atom. The number of benzene rings is 2. The van der Waals surface area contributed by atoms with E-state index in [0.717, 1.165) is 17.3 Å². The molecule has 0 aliphatic heterocycles. The van der Waals surface area contributed by atoms with E-state index >= 15 is 0 Å². The highest BCUT2D eigenvalue weighted by atomic mass is 35.5. The van der Waals surface area contributed by atoms with Crippen LogP contribution in [-0.4, -0.2) is 26.7 Å². The maximum atomic E-state index is 13.2. The van der Waals surface area contributed by atoms with Crippen molar-refractivity contribution in [3.63, 3.8) is 0 Å². The van der Waals surface area contributed by atoms with Crippen molar-refractivity contribution in [3.8, 4) is 5.69 Å². The number of rotatable bonds is 4. The number of fused-ring (bicyclic) bond motifs is 1. The summed E-state index contributed by atoms with van der Waals surface area (Å²) < 4.78 is 1.44. The van der Waals surface area contributed by atoms with Gasteiger partial charge in [-0.05, 0) is 44.2 Å². The van der Waals surface area contributed by atoms with Gasteiger partial charge in [0.2, 0.25) is 5.91 Å². The summed E-state index contributed by atoms with van der Waals surface area (Å²) in [4.78, 5) is 40.7. The molecule has 0 bridgehead atoms. The topological polar surface area (TPSA) is 107 Å². The third-order valence-corrected chi connectivity index (χ3v) is 5.28. The van der Waals surface area contributed by atoms with E-state index in [1.165, 1.54) is 4.57 Å². The molecule has 7 nitrogen and oxygen atoms in total. The number of urea groups is 1. The number of halogens is 1. The summed E-state index contributed by atoms with van der Waals surface area (Å²) in [7, 11) is 0. The number of nitrogens with zero attached hydrogens (tertiary/aromatic N) is 2. The number of nitrogens with two attached hydrogens (primary N) is 1. The smallest absolute Gasteiger partial charge is 0.318 e. The van der Waals surface area contributed by atoms with E-state index < -0.39 is 17.2 Å². The predicted molar refractivity (Wildman–Crippen MR) is 110 cm³/mol. The molecule has 28 heavy (non-hydrogen) atoms. The molecule has 0 radical (unpaired) electrons. The molecular formula is C19H17ClN4O3S. The molecule has 1 atom stereocenters. The molecule has 3 aromatic rings. The third-order valence-electron chi connectivity index (χ3n) is 3.99. The zero-order valence-corrected chi connectivity index (χ0v) is 16.7. The van der Waals surface area contributed by atoms with Crippen molar-refractivity contribution in [2.45, 2.75) is 24.3 Å². The summed E-state index contributed by atoms with van der Waals surface area (Å²) in [5, 5.41) is 2.47. The zero-order chi connectivity index (χ0) is 20.4. The minimum atomic E-state index is -0.938. The average Bonchev–Trinajstić information content (AvgIpc) is 2.62. The molecule has 144 valence electrons. The summed E-state index contributed by atoms with van der Waals surface area (Å²) in [5.41, 5.74) is 6.81. The van der Waals surface area contributed by atoms with E-state index in [1.807, 2.05) is 24.4 Å². The average molecular weight is 417 g/mol. The predicted octanol–water partition coefficient (Wildman–Crippen LogP) is 3.02. The van der Waals surface area contributed by atoms with Gasteiger partial charge >= 0.3 is 6.03 Å². The van der Waals surface area contributed by atoms with E-state index in [0.29, 0.717) is 26.8 Å². The molecule has 0 aliphatic carbocycles.